The number of aromatic nitrogens is 5. The van der Waals surface area contributed by atoms with E-state index < -0.39 is 0 Å². The van der Waals surface area contributed by atoms with Crippen molar-refractivity contribution >= 4 is 5.52 Å². The largest absolute Gasteiger partial charge is 0.457 e. The zero-order valence-corrected chi connectivity index (χ0v) is 16.9. The Kier molecular flexibility index (Phi) is 4.55. The number of rotatable bonds is 5. The van der Waals surface area contributed by atoms with Crippen LogP contribution in [0.15, 0.2) is 53.6 Å². The van der Waals surface area contributed by atoms with Crippen molar-refractivity contribution in [2.45, 2.75) is 26.5 Å². The van der Waals surface area contributed by atoms with Gasteiger partial charge in [-0.25, -0.2) is 15.0 Å². The van der Waals surface area contributed by atoms with Crippen molar-refractivity contribution in [3.8, 4) is 17.4 Å². The summed E-state index contributed by atoms with van der Waals surface area (Å²) in [6.45, 7) is 6.00. The van der Waals surface area contributed by atoms with E-state index in [-0.39, 0.29) is 11.7 Å². The first-order chi connectivity index (χ1) is 14.5. The molecule has 1 fully saturated rings. The van der Waals surface area contributed by atoms with Gasteiger partial charge in [-0.3, -0.25) is 14.1 Å². The number of benzene rings is 1. The van der Waals surface area contributed by atoms with E-state index in [4.69, 9.17) is 4.74 Å². The van der Waals surface area contributed by atoms with Gasteiger partial charge in [-0.2, -0.15) is 0 Å². The highest BCUT2D eigenvalue weighted by Gasteiger charge is 2.29. The number of H-pyrrole nitrogens is 1. The smallest absolute Gasteiger partial charge is 0.317 e. The molecule has 8 nitrogen and oxygen atoms in total. The summed E-state index contributed by atoms with van der Waals surface area (Å²) in [5.41, 5.74) is 4.00. The van der Waals surface area contributed by atoms with Crippen molar-refractivity contribution in [2.75, 3.05) is 13.1 Å². The van der Waals surface area contributed by atoms with Gasteiger partial charge < -0.3 is 9.72 Å². The predicted molar refractivity (Wildman–Crippen MR) is 112 cm³/mol. The maximum atomic E-state index is 12.5. The Hall–Kier alpha value is -3.52. The summed E-state index contributed by atoms with van der Waals surface area (Å²) < 4.78 is 7.75. The lowest BCUT2D eigenvalue weighted by atomic mass is 10.1. The van der Waals surface area contributed by atoms with Gasteiger partial charge in [-0.15, -0.1) is 0 Å². The van der Waals surface area contributed by atoms with E-state index >= 15 is 0 Å². The highest BCUT2D eigenvalue weighted by Crippen LogP contribution is 2.20. The van der Waals surface area contributed by atoms with E-state index in [0.29, 0.717) is 18.1 Å². The Labute approximate surface area is 173 Å². The third-order valence-corrected chi connectivity index (χ3v) is 5.17. The Morgan fingerprint density at radius 1 is 1.13 bits per heavy atom. The second-order valence-electron chi connectivity index (χ2n) is 7.68. The van der Waals surface area contributed by atoms with Gasteiger partial charge in [0.05, 0.1) is 6.20 Å². The average molecular weight is 402 g/mol. The van der Waals surface area contributed by atoms with E-state index in [1.54, 1.807) is 6.20 Å². The molecule has 1 aliphatic rings. The molecule has 1 aromatic carbocycles. The molecule has 1 saturated heterocycles. The Morgan fingerprint density at radius 3 is 2.60 bits per heavy atom. The van der Waals surface area contributed by atoms with E-state index in [2.05, 4.69) is 24.8 Å². The Morgan fingerprint density at radius 2 is 1.87 bits per heavy atom. The lowest BCUT2D eigenvalue weighted by Gasteiger charge is -2.38. The molecule has 0 bridgehead atoms. The fourth-order valence-electron chi connectivity index (χ4n) is 3.80. The van der Waals surface area contributed by atoms with Gasteiger partial charge in [-0.05, 0) is 19.9 Å². The molecule has 0 atom stereocenters. The van der Waals surface area contributed by atoms with E-state index in [1.165, 1.54) is 0 Å². The molecule has 1 N–H and O–H groups in total. The lowest BCUT2D eigenvalue weighted by Crippen LogP contribution is -2.53. The quantitative estimate of drug-likeness (QED) is 0.551. The molecule has 3 aromatic heterocycles. The van der Waals surface area contributed by atoms with Crippen LogP contribution in [0.25, 0.3) is 16.9 Å². The van der Waals surface area contributed by atoms with Crippen molar-refractivity contribution in [3.05, 3.63) is 76.2 Å². The minimum atomic E-state index is -0.140. The number of likely N-dealkylation sites (tertiary alicyclic amines) is 1. The fourth-order valence-corrected chi connectivity index (χ4v) is 3.80. The number of imidazole rings is 1. The number of aromatic amines is 1. The number of nitrogens with one attached hydrogen (secondary N) is 1. The van der Waals surface area contributed by atoms with Crippen LogP contribution in [0.1, 0.15) is 17.1 Å². The molecule has 0 amide bonds. The molecule has 8 heteroatoms. The Balaban J connectivity index is 1.30. The maximum Gasteiger partial charge on any atom is 0.317 e. The van der Waals surface area contributed by atoms with Crippen LogP contribution >= 0.6 is 0 Å². The molecule has 0 aliphatic carbocycles. The zero-order valence-electron chi connectivity index (χ0n) is 16.9. The maximum absolute atomic E-state index is 12.5. The second-order valence-corrected chi connectivity index (χ2v) is 7.68. The lowest BCUT2D eigenvalue weighted by molar-refractivity contribution is 0.00786. The van der Waals surface area contributed by atoms with Crippen molar-refractivity contribution in [2.24, 2.45) is 0 Å². The summed E-state index contributed by atoms with van der Waals surface area (Å²) >= 11 is 0. The summed E-state index contributed by atoms with van der Waals surface area (Å²) in [5.74, 6) is 0.759. The van der Waals surface area contributed by atoms with Crippen molar-refractivity contribution in [1.82, 2.24) is 29.2 Å². The number of fused-ring (bicyclic) bond motifs is 1. The molecule has 152 valence electrons. The van der Waals surface area contributed by atoms with Crippen LogP contribution in [0, 0.1) is 13.8 Å². The number of ether oxygens (including phenoxy) is 1. The summed E-state index contributed by atoms with van der Waals surface area (Å²) in [7, 11) is 0. The topological polar surface area (TPSA) is 88.4 Å². The van der Waals surface area contributed by atoms with Crippen LogP contribution in [0.3, 0.4) is 0 Å². The molecular formula is C22H22N6O2. The minimum absolute atomic E-state index is 0.0507. The molecule has 0 unspecified atom stereocenters. The molecule has 4 aromatic rings. The zero-order chi connectivity index (χ0) is 20.7. The van der Waals surface area contributed by atoms with E-state index in [9.17, 15) is 4.79 Å². The van der Waals surface area contributed by atoms with Crippen molar-refractivity contribution in [3.63, 3.8) is 0 Å². The van der Waals surface area contributed by atoms with E-state index in [1.807, 2.05) is 60.8 Å². The van der Waals surface area contributed by atoms with Crippen LogP contribution in [-0.2, 0) is 6.54 Å². The molecular weight excluding hydrogens is 380 g/mol. The summed E-state index contributed by atoms with van der Waals surface area (Å²) in [6, 6.07) is 12.2. The minimum Gasteiger partial charge on any atom is -0.457 e. The fraction of sp³-hybridized carbons (Fsp3) is 0.273. The monoisotopic (exact) mass is 402 g/mol. The van der Waals surface area contributed by atoms with Gasteiger partial charge in [0.1, 0.15) is 17.4 Å². The average Bonchev–Trinajstić information content (AvgIpc) is 3.11. The number of hydrogen-bond acceptors (Lipinski definition) is 6. The molecule has 0 spiro atoms. The highest BCUT2D eigenvalue weighted by atomic mass is 16.5. The third-order valence-electron chi connectivity index (χ3n) is 5.17. The summed E-state index contributed by atoms with van der Waals surface area (Å²) in [6.07, 6.45) is 3.62. The number of hydrogen-bond donors (Lipinski definition) is 1. The molecule has 0 saturated carbocycles. The van der Waals surface area contributed by atoms with Crippen molar-refractivity contribution in [1.29, 1.82) is 0 Å². The second kappa shape index (κ2) is 7.38. The van der Waals surface area contributed by atoms with Gasteiger partial charge in [0, 0.05) is 48.5 Å². The number of nitrogens with zero attached hydrogens (tertiary/aromatic N) is 5. The van der Waals surface area contributed by atoms with Crippen LogP contribution in [-0.4, -0.2) is 48.4 Å². The van der Waals surface area contributed by atoms with Gasteiger partial charge in [0.15, 0.2) is 0 Å². The Bertz CT molecular complexity index is 1240. The highest BCUT2D eigenvalue weighted by molar-refractivity contribution is 5.61. The van der Waals surface area contributed by atoms with E-state index in [0.717, 1.165) is 41.6 Å². The number of aryl methyl sites for hydroxylation is 2. The first-order valence-electron chi connectivity index (χ1n) is 9.91. The molecule has 1 aliphatic heterocycles. The molecule has 0 radical (unpaired) electrons. The van der Waals surface area contributed by atoms with Crippen LogP contribution < -0.4 is 10.3 Å². The van der Waals surface area contributed by atoms with Gasteiger partial charge in [-0.1, -0.05) is 30.3 Å². The van der Waals surface area contributed by atoms with Crippen LogP contribution in [0.2, 0.25) is 0 Å². The van der Waals surface area contributed by atoms with Gasteiger partial charge >= 0.3 is 6.01 Å². The van der Waals surface area contributed by atoms with Crippen LogP contribution in [0.4, 0.5) is 0 Å². The predicted octanol–water partition coefficient (Wildman–Crippen LogP) is 2.36. The van der Waals surface area contributed by atoms with Gasteiger partial charge in [0.2, 0.25) is 0 Å². The molecule has 5 rings (SSSR count). The normalized spacial score (nSPS) is 14.7. The summed E-state index contributed by atoms with van der Waals surface area (Å²) in [4.78, 5) is 30.8. The molecule has 30 heavy (non-hydrogen) atoms. The third kappa shape index (κ3) is 3.57. The first kappa shape index (κ1) is 18.5. The first-order valence-corrected chi connectivity index (χ1v) is 9.91. The summed E-state index contributed by atoms with van der Waals surface area (Å²) in [5, 5.41) is 0. The SMILES string of the molecule is Cc1cc(C)nc(OC2CN(Cc3cn4c(-c5ccccc5)ncc4c(=O)[nH]3)C2)n1. The van der Waals surface area contributed by atoms with Crippen molar-refractivity contribution < 1.29 is 4.74 Å². The van der Waals surface area contributed by atoms with Crippen LogP contribution in [0.5, 0.6) is 6.01 Å². The standard InChI is InChI=1S/C22H22N6O2/c1-14-8-15(2)25-22(24-14)30-18-12-27(13-18)10-17-11-28-19(21(29)26-17)9-23-20(28)16-6-4-3-5-7-16/h3-9,11,18H,10,12-13H2,1-2H3,(H,26,29). The van der Waals surface area contributed by atoms with Gasteiger partial charge in [0.25, 0.3) is 5.56 Å². The molecule has 4 heterocycles.